The van der Waals surface area contributed by atoms with Crippen LogP contribution in [0.5, 0.6) is 0 Å². The number of imide groups is 1. The van der Waals surface area contributed by atoms with E-state index in [1.54, 1.807) is 31.2 Å². The lowest BCUT2D eigenvalue weighted by molar-refractivity contribution is -0.127. The number of aryl methyl sites for hydroxylation is 1. The number of amides is 2. The summed E-state index contributed by atoms with van der Waals surface area (Å²) in [4.78, 5) is 68.6. The van der Waals surface area contributed by atoms with Crippen molar-refractivity contribution in [1.82, 2.24) is 0 Å². The lowest BCUT2D eigenvalue weighted by Crippen LogP contribution is -2.51. The van der Waals surface area contributed by atoms with E-state index in [1.807, 2.05) is 19.1 Å². The molecule has 3 aliphatic rings. The third-order valence-corrected chi connectivity index (χ3v) is 7.56. The second-order valence-electron chi connectivity index (χ2n) is 9.67. The predicted molar refractivity (Wildman–Crippen MR) is 135 cm³/mol. The Labute approximate surface area is 218 Å². The van der Waals surface area contributed by atoms with Gasteiger partial charge in [0.15, 0.2) is 0 Å². The van der Waals surface area contributed by atoms with Crippen molar-refractivity contribution < 1.29 is 33.4 Å². The van der Waals surface area contributed by atoms with Crippen LogP contribution in [-0.2, 0) is 19.1 Å². The zero-order chi connectivity index (χ0) is 26.8. The van der Waals surface area contributed by atoms with Gasteiger partial charge >= 0.3 is 5.97 Å². The van der Waals surface area contributed by atoms with Gasteiger partial charge in [-0.15, -0.1) is 0 Å². The van der Waals surface area contributed by atoms with Gasteiger partial charge in [-0.3, -0.25) is 19.2 Å². The Morgan fingerprint density at radius 1 is 0.868 bits per heavy atom. The van der Waals surface area contributed by atoms with Gasteiger partial charge in [0.2, 0.25) is 29.0 Å². The molecule has 2 heterocycles. The van der Waals surface area contributed by atoms with E-state index in [0.29, 0.717) is 5.56 Å². The number of benzene rings is 3. The van der Waals surface area contributed by atoms with Gasteiger partial charge in [0, 0.05) is 11.1 Å². The molecule has 38 heavy (non-hydrogen) atoms. The minimum atomic E-state index is -2.13. The van der Waals surface area contributed by atoms with Crippen LogP contribution in [0.3, 0.4) is 0 Å². The van der Waals surface area contributed by atoms with Gasteiger partial charge in [0.25, 0.3) is 0 Å². The molecule has 1 spiro atoms. The first kappa shape index (κ1) is 23.9. The van der Waals surface area contributed by atoms with E-state index in [4.69, 9.17) is 9.47 Å². The highest BCUT2D eigenvalue weighted by atomic mass is 16.5. The van der Waals surface area contributed by atoms with Crippen molar-refractivity contribution in [3.8, 4) is 0 Å². The summed E-state index contributed by atoms with van der Waals surface area (Å²) in [5.74, 6) is -5.42. The number of carbonyl (C=O) groups is 5. The fraction of sp³-hybridized carbons (Fsp3) is 0.233. The largest absolute Gasteiger partial charge is 0.462 e. The molecule has 0 bridgehead atoms. The molecule has 3 aromatic carbocycles. The number of fused-ring (bicyclic) bond motifs is 3. The summed E-state index contributed by atoms with van der Waals surface area (Å²) in [7, 11) is 0. The van der Waals surface area contributed by atoms with Gasteiger partial charge in [-0.2, -0.15) is 0 Å². The minimum Gasteiger partial charge on any atom is -0.462 e. The molecule has 8 heteroatoms. The highest BCUT2D eigenvalue weighted by Gasteiger charge is 2.74. The van der Waals surface area contributed by atoms with Crippen molar-refractivity contribution in [3.63, 3.8) is 0 Å². The van der Waals surface area contributed by atoms with E-state index in [0.717, 1.165) is 10.5 Å². The maximum Gasteiger partial charge on any atom is 0.338 e. The molecule has 0 radical (unpaired) electrons. The zero-order valence-electron chi connectivity index (χ0n) is 20.7. The Morgan fingerprint density at radius 3 is 2.05 bits per heavy atom. The van der Waals surface area contributed by atoms with Crippen LogP contribution in [0.15, 0.2) is 72.8 Å². The smallest absolute Gasteiger partial charge is 0.338 e. The molecule has 0 aromatic heterocycles. The molecule has 190 valence electrons. The van der Waals surface area contributed by atoms with Gasteiger partial charge < -0.3 is 9.47 Å². The van der Waals surface area contributed by atoms with Crippen LogP contribution >= 0.6 is 0 Å². The van der Waals surface area contributed by atoms with Crippen molar-refractivity contribution in [2.45, 2.75) is 25.6 Å². The second-order valence-corrected chi connectivity index (χ2v) is 9.67. The van der Waals surface area contributed by atoms with Gasteiger partial charge in [-0.1, -0.05) is 54.1 Å². The molecule has 8 nitrogen and oxygen atoms in total. The molecule has 6 rings (SSSR count). The summed E-state index contributed by atoms with van der Waals surface area (Å²) < 4.78 is 11.3. The number of ether oxygens (including phenoxy) is 2. The number of hydrogen-bond acceptors (Lipinski definition) is 7. The fourth-order valence-electron chi connectivity index (χ4n) is 5.79. The molecule has 3 atom stereocenters. The molecule has 3 aromatic rings. The third-order valence-electron chi connectivity index (χ3n) is 7.56. The minimum absolute atomic E-state index is 0.179. The Kier molecular flexibility index (Phi) is 5.39. The van der Waals surface area contributed by atoms with Crippen LogP contribution in [0.25, 0.3) is 0 Å². The van der Waals surface area contributed by atoms with Gasteiger partial charge in [0.05, 0.1) is 35.8 Å². The van der Waals surface area contributed by atoms with E-state index >= 15 is 0 Å². The summed E-state index contributed by atoms with van der Waals surface area (Å²) in [6.45, 7) is 3.81. The summed E-state index contributed by atoms with van der Waals surface area (Å²) in [5, 5.41) is 0. The maximum atomic E-state index is 14.0. The Bertz CT molecular complexity index is 1490. The molecule has 3 unspecified atom stereocenters. The number of carbonyl (C=O) groups excluding carboxylic acids is 5. The quantitative estimate of drug-likeness (QED) is 0.299. The van der Waals surface area contributed by atoms with E-state index < -0.39 is 52.9 Å². The van der Waals surface area contributed by atoms with Crippen molar-refractivity contribution >= 4 is 35.0 Å². The van der Waals surface area contributed by atoms with Crippen molar-refractivity contribution in [2.75, 3.05) is 11.5 Å². The summed E-state index contributed by atoms with van der Waals surface area (Å²) in [6.07, 6.45) is -0.983. The van der Waals surface area contributed by atoms with Crippen molar-refractivity contribution in [3.05, 3.63) is 101 Å². The molecule has 2 amide bonds. The third kappa shape index (κ3) is 3.16. The highest BCUT2D eigenvalue weighted by Crippen LogP contribution is 2.57. The van der Waals surface area contributed by atoms with Crippen LogP contribution in [0, 0.1) is 18.8 Å². The Balaban J connectivity index is 1.46. The van der Waals surface area contributed by atoms with Crippen LogP contribution in [0.2, 0.25) is 0 Å². The molecule has 2 aliphatic heterocycles. The van der Waals surface area contributed by atoms with E-state index in [1.165, 1.54) is 36.4 Å². The van der Waals surface area contributed by atoms with Gasteiger partial charge in [0.1, 0.15) is 0 Å². The van der Waals surface area contributed by atoms with Crippen molar-refractivity contribution in [2.24, 2.45) is 11.8 Å². The normalized spacial score (nSPS) is 23.2. The summed E-state index contributed by atoms with van der Waals surface area (Å²) in [6, 6.07) is 19.5. The number of anilines is 1. The lowest BCUT2D eigenvalue weighted by Gasteiger charge is -2.27. The molecule has 2 fully saturated rings. The van der Waals surface area contributed by atoms with Crippen LogP contribution in [-0.4, -0.2) is 41.6 Å². The average Bonchev–Trinajstić information content (AvgIpc) is 3.49. The van der Waals surface area contributed by atoms with Crippen molar-refractivity contribution in [1.29, 1.82) is 0 Å². The number of esters is 1. The Hall–Kier alpha value is -4.43. The first-order valence-corrected chi connectivity index (χ1v) is 12.4. The lowest BCUT2D eigenvalue weighted by atomic mass is 9.77. The molecule has 0 N–H and O–H groups in total. The highest BCUT2D eigenvalue weighted by molar-refractivity contribution is 6.37. The standard InChI is InChI=1S/C30H23NO7/c1-3-37-29(36)18-12-14-19(15-13-18)31-27(34)22-23(28(31)35)30(38-24(22)17-10-8-16(2)9-11-17)25(32)20-6-4-5-7-21(20)26(30)33/h4-15,22-24H,3H2,1-2H3. The average molecular weight is 510 g/mol. The topological polar surface area (TPSA) is 107 Å². The molecule has 1 aliphatic carbocycles. The molecular weight excluding hydrogens is 486 g/mol. The maximum absolute atomic E-state index is 14.0. The fourth-order valence-corrected chi connectivity index (χ4v) is 5.79. The first-order chi connectivity index (χ1) is 18.3. The molecule has 0 saturated carbocycles. The number of ketones is 2. The van der Waals surface area contributed by atoms with E-state index in [2.05, 4.69) is 0 Å². The van der Waals surface area contributed by atoms with E-state index in [-0.39, 0.29) is 29.0 Å². The number of hydrogen-bond donors (Lipinski definition) is 0. The van der Waals surface area contributed by atoms with E-state index in [9.17, 15) is 24.0 Å². The van der Waals surface area contributed by atoms with Crippen LogP contribution in [0.1, 0.15) is 55.2 Å². The zero-order valence-corrected chi connectivity index (χ0v) is 20.7. The first-order valence-electron chi connectivity index (χ1n) is 12.4. The molecular formula is C30H23NO7. The van der Waals surface area contributed by atoms with Gasteiger partial charge in [-0.05, 0) is 43.7 Å². The number of nitrogens with zero attached hydrogens (tertiary/aromatic N) is 1. The molecule has 2 saturated heterocycles. The number of rotatable bonds is 4. The number of Topliss-reactive ketones (excluding diaryl/α,β-unsaturated/α-hetero) is 2. The van der Waals surface area contributed by atoms with Crippen LogP contribution < -0.4 is 4.90 Å². The second kappa shape index (κ2) is 8.56. The summed E-state index contributed by atoms with van der Waals surface area (Å²) in [5.41, 5.74) is 0.308. The van der Waals surface area contributed by atoms with Crippen LogP contribution in [0.4, 0.5) is 5.69 Å². The SMILES string of the molecule is CCOC(=O)c1ccc(N2C(=O)C3C(c4ccc(C)cc4)OC4(C(=O)c5ccccc5C4=O)C3C2=O)cc1. The predicted octanol–water partition coefficient (Wildman–Crippen LogP) is 3.87. The summed E-state index contributed by atoms with van der Waals surface area (Å²) >= 11 is 0. The van der Waals surface area contributed by atoms with Gasteiger partial charge in [-0.25, -0.2) is 9.69 Å². The Morgan fingerprint density at radius 2 is 1.47 bits per heavy atom. The monoisotopic (exact) mass is 509 g/mol.